The topological polar surface area (TPSA) is 23.5 Å². The molecule has 0 saturated carbocycles. The predicted octanol–water partition coefficient (Wildman–Crippen LogP) is 2.70. The third kappa shape index (κ3) is 3.62. The second-order valence-electron chi connectivity index (χ2n) is 4.93. The quantitative estimate of drug-likeness (QED) is 0.826. The number of rotatable bonds is 5. The molecule has 1 aromatic rings. The molecule has 16 heavy (non-hydrogen) atoms. The van der Waals surface area contributed by atoms with Crippen LogP contribution in [0.1, 0.15) is 32.4 Å². The number of likely N-dealkylation sites (N-methyl/N-ethyl adjacent to an activating group) is 1. The molecule has 1 rings (SSSR count). The van der Waals surface area contributed by atoms with Gasteiger partial charge in [-0.25, -0.2) is 0 Å². The molecule has 0 amide bonds. The molecule has 0 spiro atoms. The van der Waals surface area contributed by atoms with Crippen LogP contribution in [0.3, 0.4) is 0 Å². The van der Waals surface area contributed by atoms with Crippen LogP contribution in [0.4, 0.5) is 0 Å². The zero-order chi connectivity index (χ0) is 12.1. The Labute approximate surface area is 98.9 Å². The second kappa shape index (κ2) is 6.02. The highest BCUT2D eigenvalue weighted by molar-refractivity contribution is 5.18. The van der Waals surface area contributed by atoms with Crippen LogP contribution in [0.25, 0.3) is 0 Å². The molecule has 0 aliphatic heterocycles. The lowest BCUT2D eigenvalue weighted by atomic mass is 10.0. The Morgan fingerprint density at radius 2 is 1.69 bits per heavy atom. The monoisotopic (exact) mass is 221 g/mol. The SMILES string of the molecule is CC(C)CN(C)C(C)C(O)c1ccccc1. The van der Waals surface area contributed by atoms with E-state index in [0.717, 1.165) is 12.1 Å². The number of benzene rings is 1. The molecule has 1 N–H and O–H groups in total. The zero-order valence-electron chi connectivity index (χ0n) is 10.7. The molecular formula is C14H23NO. The summed E-state index contributed by atoms with van der Waals surface area (Å²) in [5.41, 5.74) is 0.991. The highest BCUT2D eigenvalue weighted by atomic mass is 16.3. The van der Waals surface area contributed by atoms with E-state index in [-0.39, 0.29) is 6.04 Å². The molecule has 2 heteroatoms. The molecule has 2 nitrogen and oxygen atoms in total. The maximum atomic E-state index is 10.2. The number of aliphatic hydroxyl groups excluding tert-OH is 1. The summed E-state index contributed by atoms with van der Waals surface area (Å²) in [4.78, 5) is 2.21. The Morgan fingerprint density at radius 3 is 2.19 bits per heavy atom. The average molecular weight is 221 g/mol. The van der Waals surface area contributed by atoms with Gasteiger partial charge in [-0.2, -0.15) is 0 Å². The second-order valence-corrected chi connectivity index (χ2v) is 4.93. The summed E-state index contributed by atoms with van der Waals surface area (Å²) >= 11 is 0. The standard InChI is InChI=1S/C14H23NO/c1-11(2)10-15(4)12(3)14(16)13-8-6-5-7-9-13/h5-9,11-12,14,16H,10H2,1-4H3. The first-order chi connectivity index (χ1) is 7.52. The number of hydrogen-bond donors (Lipinski definition) is 1. The Kier molecular flexibility index (Phi) is 4.97. The van der Waals surface area contributed by atoms with Crippen LogP contribution in [-0.4, -0.2) is 29.6 Å². The van der Waals surface area contributed by atoms with Crippen molar-refractivity contribution in [3.05, 3.63) is 35.9 Å². The summed E-state index contributed by atoms with van der Waals surface area (Å²) in [6, 6.07) is 10.00. The van der Waals surface area contributed by atoms with Gasteiger partial charge in [-0.15, -0.1) is 0 Å². The van der Waals surface area contributed by atoms with Gasteiger partial charge in [0.25, 0.3) is 0 Å². The Morgan fingerprint density at radius 1 is 1.12 bits per heavy atom. The molecule has 0 bridgehead atoms. The summed E-state index contributed by atoms with van der Waals surface area (Å²) in [7, 11) is 2.07. The first-order valence-corrected chi connectivity index (χ1v) is 5.95. The van der Waals surface area contributed by atoms with Crippen LogP contribution >= 0.6 is 0 Å². The van der Waals surface area contributed by atoms with Gasteiger partial charge in [0, 0.05) is 12.6 Å². The van der Waals surface area contributed by atoms with Crippen LogP contribution in [0.15, 0.2) is 30.3 Å². The lowest BCUT2D eigenvalue weighted by Crippen LogP contribution is -2.36. The molecule has 1 aromatic carbocycles. The molecule has 0 fully saturated rings. The summed E-state index contributed by atoms with van der Waals surface area (Å²) in [6.45, 7) is 7.46. The predicted molar refractivity (Wildman–Crippen MR) is 68.3 cm³/mol. The van der Waals surface area contributed by atoms with E-state index < -0.39 is 6.10 Å². The van der Waals surface area contributed by atoms with E-state index in [9.17, 15) is 5.11 Å². The Bertz CT molecular complexity index is 297. The first-order valence-electron chi connectivity index (χ1n) is 5.95. The van der Waals surface area contributed by atoms with Gasteiger partial charge in [-0.3, -0.25) is 0 Å². The van der Waals surface area contributed by atoms with Crippen molar-refractivity contribution in [3.63, 3.8) is 0 Å². The third-order valence-electron chi connectivity index (χ3n) is 2.95. The van der Waals surface area contributed by atoms with Gasteiger partial charge in [-0.1, -0.05) is 44.2 Å². The number of aliphatic hydroxyl groups is 1. The van der Waals surface area contributed by atoms with Gasteiger partial charge in [0.1, 0.15) is 0 Å². The number of nitrogens with zero attached hydrogens (tertiary/aromatic N) is 1. The fraction of sp³-hybridized carbons (Fsp3) is 0.571. The van der Waals surface area contributed by atoms with Gasteiger partial charge in [-0.05, 0) is 25.5 Å². The van der Waals surface area contributed by atoms with Gasteiger partial charge in [0.15, 0.2) is 0 Å². The minimum absolute atomic E-state index is 0.143. The van der Waals surface area contributed by atoms with Crippen molar-refractivity contribution in [2.45, 2.75) is 32.9 Å². The van der Waals surface area contributed by atoms with Crippen molar-refractivity contribution >= 4 is 0 Å². The van der Waals surface area contributed by atoms with E-state index in [1.54, 1.807) is 0 Å². The largest absolute Gasteiger partial charge is 0.387 e. The molecule has 0 aromatic heterocycles. The van der Waals surface area contributed by atoms with Crippen LogP contribution in [-0.2, 0) is 0 Å². The van der Waals surface area contributed by atoms with E-state index in [0.29, 0.717) is 5.92 Å². The summed E-state index contributed by atoms with van der Waals surface area (Å²) < 4.78 is 0. The minimum atomic E-state index is -0.412. The van der Waals surface area contributed by atoms with Crippen molar-refractivity contribution in [1.29, 1.82) is 0 Å². The highest BCUT2D eigenvalue weighted by Gasteiger charge is 2.20. The number of hydrogen-bond acceptors (Lipinski definition) is 2. The Hall–Kier alpha value is -0.860. The lowest BCUT2D eigenvalue weighted by molar-refractivity contribution is 0.0668. The molecule has 0 aliphatic carbocycles. The van der Waals surface area contributed by atoms with Crippen molar-refractivity contribution in [3.8, 4) is 0 Å². The molecule has 0 saturated heterocycles. The van der Waals surface area contributed by atoms with E-state index in [4.69, 9.17) is 0 Å². The van der Waals surface area contributed by atoms with E-state index in [1.165, 1.54) is 0 Å². The van der Waals surface area contributed by atoms with Crippen molar-refractivity contribution in [1.82, 2.24) is 4.90 Å². The van der Waals surface area contributed by atoms with Gasteiger partial charge >= 0.3 is 0 Å². The van der Waals surface area contributed by atoms with E-state index >= 15 is 0 Å². The van der Waals surface area contributed by atoms with Crippen molar-refractivity contribution in [2.75, 3.05) is 13.6 Å². The van der Waals surface area contributed by atoms with Crippen molar-refractivity contribution in [2.24, 2.45) is 5.92 Å². The molecular weight excluding hydrogens is 198 g/mol. The summed E-state index contributed by atoms with van der Waals surface area (Å²) in [6.07, 6.45) is -0.412. The smallest absolute Gasteiger partial charge is 0.0942 e. The maximum absolute atomic E-state index is 10.2. The first kappa shape index (κ1) is 13.2. The minimum Gasteiger partial charge on any atom is -0.387 e. The Balaban J connectivity index is 2.63. The van der Waals surface area contributed by atoms with Crippen molar-refractivity contribution < 1.29 is 5.11 Å². The van der Waals surface area contributed by atoms with Crippen LogP contribution in [0, 0.1) is 5.92 Å². The third-order valence-corrected chi connectivity index (χ3v) is 2.95. The van der Waals surface area contributed by atoms with E-state index in [2.05, 4.69) is 32.7 Å². The molecule has 2 atom stereocenters. The molecule has 2 unspecified atom stereocenters. The van der Waals surface area contributed by atoms with Crippen LogP contribution in [0.2, 0.25) is 0 Å². The molecule has 0 aliphatic rings. The molecule has 0 radical (unpaired) electrons. The maximum Gasteiger partial charge on any atom is 0.0942 e. The highest BCUT2D eigenvalue weighted by Crippen LogP contribution is 2.20. The molecule has 90 valence electrons. The molecule has 0 heterocycles. The van der Waals surface area contributed by atoms with Gasteiger partial charge in [0.2, 0.25) is 0 Å². The van der Waals surface area contributed by atoms with E-state index in [1.807, 2.05) is 30.3 Å². The fourth-order valence-electron chi connectivity index (χ4n) is 1.91. The summed E-state index contributed by atoms with van der Waals surface area (Å²) in [5, 5.41) is 10.2. The summed E-state index contributed by atoms with van der Waals surface area (Å²) in [5.74, 6) is 0.621. The fourth-order valence-corrected chi connectivity index (χ4v) is 1.91. The van der Waals surface area contributed by atoms with Crippen LogP contribution in [0.5, 0.6) is 0 Å². The lowest BCUT2D eigenvalue weighted by Gasteiger charge is -2.30. The van der Waals surface area contributed by atoms with Gasteiger partial charge in [0.05, 0.1) is 6.10 Å². The van der Waals surface area contributed by atoms with Gasteiger partial charge < -0.3 is 10.0 Å². The van der Waals surface area contributed by atoms with Crippen LogP contribution < -0.4 is 0 Å². The normalized spacial score (nSPS) is 15.4. The average Bonchev–Trinajstić information content (AvgIpc) is 2.27. The zero-order valence-corrected chi connectivity index (χ0v) is 10.7.